The Bertz CT molecular complexity index is 734. The van der Waals surface area contributed by atoms with Gasteiger partial charge in [0, 0.05) is 22.0 Å². The molecule has 128 valence electrons. The zero-order chi connectivity index (χ0) is 17.1. The van der Waals surface area contributed by atoms with Crippen LogP contribution in [0.2, 0.25) is 5.02 Å². The van der Waals surface area contributed by atoms with Crippen molar-refractivity contribution in [3.8, 4) is 0 Å². The van der Waals surface area contributed by atoms with E-state index >= 15 is 0 Å². The van der Waals surface area contributed by atoms with Crippen molar-refractivity contribution in [2.24, 2.45) is 0 Å². The first kappa shape index (κ1) is 17.2. The van der Waals surface area contributed by atoms with E-state index in [-0.39, 0.29) is 17.1 Å². The van der Waals surface area contributed by atoms with Gasteiger partial charge in [-0.2, -0.15) is 0 Å². The lowest BCUT2D eigenvalue weighted by Crippen LogP contribution is -2.37. The average Bonchev–Trinajstić information content (AvgIpc) is 2.83. The van der Waals surface area contributed by atoms with Gasteiger partial charge in [-0.3, -0.25) is 0 Å². The van der Waals surface area contributed by atoms with E-state index in [1.165, 1.54) is 28.0 Å². The van der Waals surface area contributed by atoms with Crippen LogP contribution in [0.4, 0.5) is 14.9 Å². The SMILES string of the molecule is Cc1ccc(C2CCCCCN2C(=O)Nc2ccc(F)c(Cl)c2)s1. The van der Waals surface area contributed by atoms with E-state index < -0.39 is 5.82 Å². The second kappa shape index (κ2) is 7.53. The molecule has 0 bridgehead atoms. The van der Waals surface area contributed by atoms with Crippen LogP contribution in [0.15, 0.2) is 30.3 Å². The highest BCUT2D eigenvalue weighted by Gasteiger charge is 2.27. The minimum Gasteiger partial charge on any atom is -0.317 e. The summed E-state index contributed by atoms with van der Waals surface area (Å²) in [5.41, 5.74) is 0.511. The largest absolute Gasteiger partial charge is 0.322 e. The monoisotopic (exact) mass is 366 g/mol. The first-order chi connectivity index (χ1) is 11.5. The van der Waals surface area contributed by atoms with E-state index in [4.69, 9.17) is 11.6 Å². The minimum absolute atomic E-state index is 0.00842. The number of carbonyl (C=O) groups is 1. The van der Waals surface area contributed by atoms with E-state index in [1.54, 1.807) is 11.3 Å². The fourth-order valence-corrected chi connectivity index (χ4v) is 4.25. The first-order valence-corrected chi connectivity index (χ1v) is 9.33. The van der Waals surface area contributed by atoms with Crippen molar-refractivity contribution in [2.45, 2.75) is 38.6 Å². The molecule has 1 saturated heterocycles. The number of rotatable bonds is 2. The molecular formula is C18H20ClFN2OS. The molecule has 3 rings (SSSR count). The van der Waals surface area contributed by atoms with Crippen molar-refractivity contribution in [3.63, 3.8) is 0 Å². The number of nitrogens with zero attached hydrogens (tertiary/aromatic N) is 1. The van der Waals surface area contributed by atoms with Crippen LogP contribution < -0.4 is 5.32 Å². The molecule has 1 aromatic carbocycles. The summed E-state index contributed by atoms with van der Waals surface area (Å²) >= 11 is 7.54. The molecule has 1 aliphatic rings. The van der Waals surface area contributed by atoms with Crippen LogP contribution in [0.25, 0.3) is 0 Å². The molecule has 1 aromatic heterocycles. The van der Waals surface area contributed by atoms with Gasteiger partial charge in [-0.25, -0.2) is 9.18 Å². The van der Waals surface area contributed by atoms with Gasteiger partial charge in [0.15, 0.2) is 0 Å². The van der Waals surface area contributed by atoms with Gasteiger partial charge < -0.3 is 10.2 Å². The molecule has 1 unspecified atom stereocenters. The molecule has 24 heavy (non-hydrogen) atoms. The summed E-state index contributed by atoms with van der Waals surface area (Å²) in [5, 5.41) is 2.86. The van der Waals surface area contributed by atoms with E-state index in [9.17, 15) is 9.18 Å². The summed E-state index contributed by atoms with van der Waals surface area (Å²) < 4.78 is 13.3. The number of amides is 2. The number of aryl methyl sites for hydroxylation is 1. The van der Waals surface area contributed by atoms with Gasteiger partial charge in [-0.15, -0.1) is 11.3 Å². The topological polar surface area (TPSA) is 32.3 Å². The van der Waals surface area contributed by atoms with Crippen LogP contribution in [0.1, 0.15) is 41.5 Å². The van der Waals surface area contributed by atoms with Gasteiger partial charge in [-0.05, 0) is 50.1 Å². The normalized spacial score (nSPS) is 18.3. The van der Waals surface area contributed by atoms with Crippen LogP contribution in [-0.4, -0.2) is 17.5 Å². The number of anilines is 1. The Morgan fingerprint density at radius 1 is 1.29 bits per heavy atom. The predicted octanol–water partition coefficient (Wildman–Crippen LogP) is 6.00. The Kier molecular flexibility index (Phi) is 5.41. The quantitative estimate of drug-likeness (QED) is 0.694. The molecule has 2 heterocycles. The molecule has 2 aromatic rings. The van der Waals surface area contributed by atoms with Crippen molar-refractivity contribution in [3.05, 3.63) is 50.9 Å². The van der Waals surface area contributed by atoms with Crippen LogP contribution in [0.3, 0.4) is 0 Å². The number of benzene rings is 1. The fraction of sp³-hybridized carbons (Fsp3) is 0.389. The molecule has 2 amide bonds. The Balaban J connectivity index is 1.80. The van der Waals surface area contributed by atoms with Crippen molar-refractivity contribution in [2.75, 3.05) is 11.9 Å². The third-order valence-electron chi connectivity index (χ3n) is 4.27. The maximum Gasteiger partial charge on any atom is 0.322 e. The summed E-state index contributed by atoms with van der Waals surface area (Å²) in [6.45, 7) is 2.80. The van der Waals surface area contributed by atoms with Crippen molar-refractivity contribution in [1.82, 2.24) is 4.90 Å². The van der Waals surface area contributed by atoms with Gasteiger partial charge >= 0.3 is 6.03 Å². The Morgan fingerprint density at radius 2 is 2.12 bits per heavy atom. The lowest BCUT2D eigenvalue weighted by Gasteiger charge is -2.29. The van der Waals surface area contributed by atoms with Gasteiger partial charge in [0.05, 0.1) is 11.1 Å². The molecule has 1 N–H and O–H groups in total. The summed E-state index contributed by atoms with van der Waals surface area (Å²) in [7, 11) is 0. The van der Waals surface area contributed by atoms with Gasteiger partial charge in [0.2, 0.25) is 0 Å². The maximum atomic E-state index is 13.3. The fourth-order valence-electron chi connectivity index (χ4n) is 3.05. The van der Waals surface area contributed by atoms with E-state index in [0.717, 1.165) is 32.2 Å². The molecule has 0 saturated carbocycles. The molecule has 3 nitrogen and oxygen atoms in total. The van der Waals surface area contributed by atoms with E-state index in [2.05, 4.69) is 24.4 Å². The summed E-state index contributed by atoms with van der Waals surface area (Å²) in [4.78, 5) is 17.2. The Labute approximate surface area is 150 Å². The summed E-state index contributed by atoms with van der Waals surface area (Å²) in [5.74, 6) is -0.489. The number of nitrogens with one attached hydrogen (secondary N) is 1. The first-order valence-electron chi connectivity index (χ1n) is 8.13. The third kappa shape index (κ3) is 3.90. The highest BCUT2D eigenvalue weighted by molar-refractivity contribution is 7.12. The highest BCUT2D eigenvalue weighted by Crippen LogP contribution is 2.34. The van der Waals surface area contributed by atoms with Crippen LogP contribution in [0.5, 0.6) is 0 Å². The highest BCUT2D eigenvalue weighted by atomic mass is 35.5. The van der Waals surface area contributed by atoms with Crippen molar-refractivity contribution in [1.29, 1.82) is 0 Å². The maximum absolute atomic E-state index is 13.3. The number of carbonyl (C=O) groups excluding carboxylic acids is 1. The zero-order valence-electron chi connectivity index (χ0n) is 13.5. The number of likely N-dealkylation sites (tertiary alicyclic amines) is 1. The minimum atomic E-state index is -0.489. The van der Waals surface area contributed by atoms with Gasteiger partial charge in [0.1, 0.15) is 5.82 Å². The average molecular weight is 367 g/mol. The van der Waals surface area contributed by atoms with E-state index in [0.29, 0.717) is 5.69 Å². The van der Waals surface area contributed by atoms with Crippen molar-refractivity contribution >= 4 is 34.7 Å². The second-order valence-electron chi connectivity index (χ2n) is 6.07. The van der Waals surface area contributed by atoms with Crippen molar-refractivity contribution < 1.29 is 9.18 Å². The molecule has 6 heteroatoms. The van der Waals surface area contributed by atoms with Crippen LogP contribution >= 0.6 is 22.9 Å². The molecular weight excluding hydrogens is 347 g/mol. The lowest BCUT2D eigenvalue weighted by molar-refractivity contribution is 0.190. The zero-order valence-corrected chi connectivity index (χ0v) is 15.1. The van der Waals surface area contributed by atoms with E-state index in [1.807, 2.05) is 4.90 Å². The lowest BCUT2D eigenvalue weighted by atomic mass is 10.1. The number of halogens is 2. The van der Waals surface area contributed by atoms with Gasteiger partial charge in [-0.1, -0.05) is 24.4 Å². The Hall–Kier alpha value is -1.59. The third-order valence-corrected chi connectivity index (χ3v) is 5.67. The number of hydrogen-bond acceptors (Lipinski definition) is 2. The molecule has 0 radical (unpaired) electrons. The second-order valence-corrected chi connectivity index (χ2v) is 7.79. The number of hydrogen-bond donors (Lipinski definition) is 1. The number of urea groups is 1. The summed E-state index contributed by atoms with van der Waals surface area (Å²) in [6, 6.07) is 8.39. The molecule has 1 fully saturated rings. The molecule has 1 atom stereocenters. The molecule has 0 aliphatic carbocycles. The van der Waals surface area contributed by atoms with Crippen LogP contribution in [-0.2, 0) is 0 Å². The molecule has 0 spiro atoms. The predicted molar refractivity (Wildman–Crippen MR) is 97.4 cm³/mol. The standard InChI is InChI=1S/C18H20ClFN2OS/c1-12-6-9-17(24-12)16-5-3-2-4-10-22(16)18(23)21-13-7-8-15(20)14(19)11-13/h6-9,11,16H,2-5,10H2,1H3,(H,21,23). The van der Waals surface area contributed by atoms with Crippen LogP contribution in [0, 0.1) is 12.7 Å². The smallest absolute Gasteiger partial charge is 0.317 e. The molecule has 1 aliphatic heterocycles. The number of thiophene rings is 1. The van der Waals surface area contributed by atoms with Gasteiger partial charge in [0.25, 0.3) is 0 Å². The summed E-state index contributed by atoms with van der Waals surface area (Å²) in [6.07, 6.45) is 4.22. The Morgan fingerprint density at radius 3 is 2.83 bits per heavy atom.